The zero-order valence-electron chi connectivity index (χ0n) is 25.5. The Hall–Kier alpha value is -5.01. The van der Waals surface area contributed by atoms with E-state index < -0.39 is 11.1 Å². The van der Waals surface area contributed by atoms with Crippen molar-refractivity contribution in [2.75, 3.05) is 16.6 Å². The molecule has 0 aromatic heterocycles. The van der Waals surface area contributed by atoms with Crippen LogP contribution >= 0.6 is 15.9 Å². The summed E-state index contributed by atoms with van der Waals surface area (Å²) < 4.78 is 7.05. The van der Waals surface area contributed by atoms with Crippen LogP contribution in [-0.4, -0.2) is 35.1 Å². The van der Waals surface area contributed by atoms with Crippen LogP contribution in [0.1, 0.15) is 30.0 Å². The number of para-hydroxylation sites is 2. The first kappa shape index (κ1) is 29.7. The highest BCUT2D eigenvalue weighted by atomic mass is 79.9. The van der Waals surface area contributed by atoms with Crippen LogP contribution < -0.4 is 10.0 Å². The molecule has 0 saturated heterocycles. The van der Waals surface area contributed by atoms with Gasteiger partial charge in [-0.1, -0.05) is 131 Å². The molecule has 0 radical (unpaired) electrons. The van der Waals surface area contributed by atoms with Gasteiger partial charge in [-0.25, -0.2) is 14.8 Å². The molecule has 0 saturated carbocycles. The highest BCUT2D eigenvalue weighted by molar-refractivity contribution is 9.10. The third kappa shape index (κ3) is 4.83. The van der Waals surface area contributed by atoms with Gasteiger partial charge in [-0.15, -0.1) is 0 Å². The normalized spacial score (nSPS) is 20.5. The van der Waals surface area contributed by atoms with Gasteiger partial charge in [0.05, 0.1) is 29.4 Å². The Morgan fingerprint density at radius 1 is 0.696 bits per heavy atom. The number of hydrogen-bond acceptors (Lipinski definition) is 6. The molecule has 46 heavy (non-hydrogen) atoms. The summed E-state index contributed by atoms with van der Waals surface area (Å²) in [5.41, 5.74) is 3.59. The van der Waals surface area contributed by atoms with Crippen molar-refractivity contribution >= 4 is 44.7 Å². The quantitative estimate of drug-likeness (QED) is 0.156. The molecule has 7 heteroatoms. The number of hydrogen-bond donors (Lipinski definition) is 0. The van der Waals surface area contributed by atoms with E-state index in [1.54, 1.807) is 0 Å². The summed E-state index contributed by atoms with van der Waals surface area (Å²) in [5, 5.41) is 14.8. The summed E-state index contributed by atoms with van der Waals surface area (Å²) in [6.45, 7) is 2.07. The maximum atomic E-state index is 15.2. The van der Waals surface area contributed by atoms with E-state index in [0.29, 0.717) is 12.8 Å². The zero-order valence-corrected chi connectivity index (χ0v) is 27.0. The van der Waals surface area contributed by atoms with Crippen LogP contribution in [0.3, 0.4) is 0 Å². The minimum Gasteiger partial charge on any atom is -0.464 e. The van der Waals surface area contributed by atoms with Gasteiger partial charge in [-0.05, 0) is 48.4 Å². The van der Waals surface area contributed by atoms with E-state index in [-0.39, 0.29) is 12.6 Å². The van der Waals surface area contributed by atoms with Gasteiger partial charge in [0.25, 0.3) is 0 Å². The smallest absolute Gasteiger partial charge is 0.337 e. The lowest BCUT2D eigenvalue weighted by atomic mass is 9.66. The molecular formula is C39H33BrN4O2. The number of nitrogens with zero attached hydrogens (tertiary/aromatic N) is 4. The van der Waals surface area contributed by atoms with E-state index in [1.807, 2.05) is 132 Å². The number of benzene rings is 5. The van der Waals surface area contributed by atoms with E-state index in [2.05, 4.69) is 46.3 Å². The lowest BCUT2D eigenvalue weighted by molar-refractivity contribution is -0.151. The molecule has 228 valence electrons. The molecule has 0 unspecified atom stereocenters. The maximum absolute atomic E-state index is 15.2. The van der Waals surface area contributed by atoms with E-state index in [4.69, 9.17) is 14.9 Å². The lowest BCUT2D eigenvalue weighted by Crippen LogP contribution is -2.73. The topological polar surface area (TPSA) is 57.5 Å². The Labute approximate surface area is 277 Å². The molecule has 0 fully saturated rings. The fourth-order valence-corrected chi connectivity index (χ4v) is 7.22. The first-order valence-corrected chi connectivity index (χ1v) is 16.3. The van der Waals surface area contributed by atoms with Gasteiger partial charge in [-0.2, -0.15) is 10.2 Å². The number of hydrazone groups is 2. The number of anilines is 2. The van der Waals surface area contributed by atoms with Gasteiger partial charge >= 0.3 is 5.97 Å². The molecule has 5 aromatic rings. The van der Waals surface area contributed by atoms with Crippen LogP contribution in [0.25, 0.3) is 0 Å². The number of rotatable bonds is 8. The van der Waals surface area contributed by atoms with Crippen molar-refractivity contribution in [3.63, 3.8) is 0 Å². The van der Waals surface area contributed by atoms with E-state index in [9.17, 15) is 0 Å². The largest absolute Gasteiger partial charge is 0.464 e. The summed E-state index contributed by atoms with van der Waals surface area (Å²) in [7, 11) is 0. The fourth-order valence-electron chi connectivity index (χ4n) is 6.80. The van der Waals surface area contributed by atoms with Crippen LogP contribution in [0.2, 0.25) is 0 Å². The van der Waals surface area contributed by atoms with E-state index in [1.165, 1.54) is 0 Å². The van der Waals surface area contributed by atoms with Crippen LogP contribution in [0, 0.1) is 0 Å². The summed E-state index contributed by atoms with van der Waals surface area (Å²) >= 11 is 3.81. The minimum absolute atomic E-state index is 0.216. The Kier molecular flexibility index (Phi) is 8.01. The van der Waals surface area contributed by atoms with E-state index in [0.717, 1.165) is 44.0 Å². The van der Waals surface area contributed by atoms with Crippen LogP contribution in [-0.2, 0) is 16.0 Å². The van der Waals surface area contributed by atoms with Gasteiger partial charge in [0.1, 0.15) is 5.54 Å². The molecule has 1 spiro atoms. The summed E-state index contributed by atoms with van der Waals surface area (Å²) in [4.78, 5) is 15.2. The Bertz CT molecular complexity index is 1900. The summed E-state index contributed by atoms with van der Waals surface area (Å²) in [6.07, 6.45) is 0.704. The average Bonchev–Trinajstić information content (AvgIpc) is 3.65. The Morgan fingerprint density at radius 2 is 1.22 bits per heavy atom. The number of halogens is 1. The highest BCUT2D eigenvalue weighted by Gasteiger charge is 2.73. The monoisotopic (exact) mass is 668 g/mol. The second kappa shape index (κ2) is 12.4. The molecular weight excluding hydrogens is 636 g/mol. The molecule has 0 amide bonds. The minimum atomic E-state index is -1.39. The van der Waals surface area contributed by atoms with Gasteiger partial charge < -0.3 is 4.74 Å². The van der Waals surface area contributed by atoms with Gasteiger partial charge in [0, 0.05) is 22.9 Å². The van der Waals surface area contributed by atoms with Gasteiger partial charge in [0.2, 0.25) is 0 Å². The zero-order chi connectivity index (χ0) is 31.6. The van der Waals surface area contributed by atoms with Gasteiger partial charge in [-0.3, -0.25) is 0 Å². The molecule has 7 rings (SSSR count). The van der Waals surface area contributed by atoms with Crippen molar-refractivity contribution in [1.82, 2.24) is 0 Å². The van der Waals surface area contributed by atoms with Crippen LogP contribution in [0.4, 0.5) is 11.4 Å². The number of carbonyl (C=O) groups is 1. The van der Waals surface area contributed by atoms with Crippen molar-refractivity contribution in [1.29, 1.82) is 0 Å². The number of esters is 1. The molecule has 2 heterocycles. The third-order valence-electron chi connectivity index (χ3n) is 8.82. The summed E-state index contributed by atoms with van der Waals surface area (Å²) in [6, 6.07) is 48.4. The predicted molar refractivity (Wildman–Crippen MR) is 188 cm³/mol. The molecule has 6 nitrogen and oxygen atoms in total. The van der Waals surface area contributed by atoms with Crippen molar-refractivity contribution < 1.29 is 9.53 Å². The van der Waals surface area contributed by atoms with Crippen LogP contribution in [0.15, 0.2) is 160 Å². The summed E-state index contributed by atoms with van der Waals surface area (Å²) in [5.74, 6) is -0.366. The van der Waals surface area contributed by atoms with E-state index >= 15 is 4.79 Å². The first-order chi connectivity index (χ1) is 22.6. The molecule has 2 aliphatic rings. The van der Waals surface area contributed by atoms with Crippen molar-refractivity contribution in [3.05, 3.63) is 167 Å². The number of carbonyl (C=O) groups excluding carboxylic acids is 1. The van der Waals surface area contributed by atoms with Crippen molar-refractivity contribution in [2.45, 2.75) is 30.8 Å². The molecule has 2 atom stereocenters. The Balaban J connectivity index is 1.60. The molecule has 0 N–H and O–H groups in total. The van der Waals surface area contributed by atoms with Gasteiger partial charge in [0.15, 0.2) is 5.54 Å². The second-order valence-corrected chi connectivity index (χ2v) is 12.3. The highest BCUT2D eigenvalue weighted by Crippen LogP contribution is 2.54. The average molecular weight is 670 g/mol. The maximum Gasteiger partial charge on any atom is 0.337 e. The standard InChI is InChI=1S/C39H33BrN4O2/c1-2-46-37(45)39(27-31-21-15-16-26-34(31)40)38(36(30-19-9-4-10-20-30)42-44(39)33-24-13-6-14-25-33)28-35(29-17-7-3-8-18-29)41-43(38)32-22-11-5-12-23-32/h3-26H,2,27-28H2,1H3/t38-,39-/m1/s1. The van der Waals surface area contributed by atoms with Crippen molar-refractivity contribution in [2.24, 2.45) is 10.2 Å². The second-order valence-electron chi connectivity index (χ2n) is 11.4. The molecule has 2 aliphatic heterocycles. The number of ether oxygens (including phenoxy) is 1. The fraction of sp³-hybridized carbons (Fsp3) is 0.154. The molecule has 0 aliphatic carbocycles. The Morgan fingerprint density at radius 3 is 1.80 bits per heavy atom. The lowest BCUT2D eigenvalue weighted by Gasteiger charge is -2.49. The molecule has 0 bridgehead atoms. The first-order valence-electron chi connectivity index (χ1n) is 15.5. The van der Waals surface area contributed by atoms with Crippen molar-refractivity contribution in [3.8, 4) is 0 Å². The molecule has 5 aromatic carbocycles. The SMILES string of the molecule is CCOC(=O)[C@@]1(Cc2ccccc2Br)N(c2ccccc2)N=C(c2ccccc2)[C@]12CC(c1ccccc1)=NN2c1ccccc1. The predicted octanol–water partition coefficient (Wildman–Crippen LogP) is 8.27. The van der Waals surface area contributed by atoms with Crippen LogP contribution in [0.5, 0.6) is 0 Å². The third-order valence-corrected chi connectivity index (χ3v) is 9.59.